The second-order valence-electron chi connectivity index (χ2n) is 3.45. The van der Waals surface area contributed by atoms with Gasteiger partial charge >= 0.3 is 0 Å². The van der Waals surface area contributed by atoms with Crippen LogP contribution in [0.5, 0.6) is 0 Å². The number of carbonyl (C=O) groups is 2. The number of rotatable bonds is 3. The zero-order chi connectivity index (χ0) is 11.4. The second kappa shape index (κ2) is 5.06. The summed E-state index contributed by atoms with van der Waals surface area (Å²) in [6.07, 6.45) is 0.647. The van der Waals surface area contributed by atoms with Crippen LogP contribution in [-0.4, -0.2) is 40.8 Å². The summed E-state index contributed by atoms with van der Waals surface area (Å²) in [5.74, 6) is -0.260. The Labute approximate surface area is 94.0 Å². The number of nitrogens with two attached hydrogens (primary N) is 1. The molecule has 0 saturated carbocycles. The van der Waals surface area contributed by atoms with E-state index < -0.39 is 0 Å². The first kappa shape index (κ1) is 11.9. The van der Waals surface area contributed by atoms with E-state index in [4.69, 9.17) is 5.73 Å². The van der Waals surface area contributed by atoms with E-state index in [1.165, 1.54) is 0 Å². The van der Waals surface area contributed by atoms with Crippen molar-refractivity contribution in [2.45, 2.75) is 25.8 Å². The maximum Gasteiger partial charge on any atom is 0.242 e. The zero-order valence-corrected chi connectivity index (χ0v) is 9.47. The number of amides is 2. The van der Waals surface area contributed by atoms with E-state index in [2.05, 4.69) is 17.5 Å². The summed E-state index contributed by atoms with van der Waals surface area (Å²) < 4.78 is 0. The number of piperazine rings is 1. The Hall–Kier alpha value is -1.17. The molecule has 84 valence electrons. The fourth-order valence-corrected chi connectivity index (χ4v) is 1.79. The average molecular weight is 229 g/mol. The van der Waals surface area contributed by atoms with Crippen LogP contribution in [0.1, 0.15) is 19.8 Å². The van der Waals surface area contributed by atoms with Crippen LogP contribution in [0.2, 0.25) is 0 Å². The topological polar surface area (TPSA) is 75.4 Å². The molecule has 15 heavy (non-hydrogen) atoms. The van der Waals surface area contributed by atoms with Crippen molar-refractivity contribution < 1.29 is 9.59 Å². The van der Waals surface area contributed by atoms with Gasteiger partial charge in [0, 0.05) is 13.1 Å². The van der Waals surface area contributed by atoms with Gasteiger partial charge < -0.3 is 16.0 Å². The zero-order valence-electron chi connectivity index (χ0n) is 8.66. The lowest BCUT2D eigenvalue weighted by molar-refractivity contribution is -0.142. The predicted molar refractivity (Wildman–Crippen MR) is 60.2 cm³/mol. The smallest absolute Gasteiger partial charge is 0.242 e. The molecule has 0 spiro atoms. The number of carbonyl (C=O) groups excluding carboxylic acids is 2. The van der Waals surface area contributed by atoms with Crippen molar-refractivity contribution in [1.82, 2.24) is 10.2 Å². The van der Waals surface area contributed by atoms with E-state index in [0.29, 0.717) is 19.5 Å². The standard InChI is InChI=1S/C9H15N3O2S/c1-2-6-9(14)11-3-4-12(6)8(13)5-7(10)15/h6H,2-5H2,1H3,(H2,10,15)(H,11,14). The van der Waals surface area contributed by atoms with Gasteiger partial charge in [-0.25, -0.2) is 0 Å². The van der Waals surface area contributed by atoms with Crippen LogP contribution < -0.4 is 11.1 Å². The van der Waals surface area contributed by atoms with E-state index >= 15 is 0 Å². The molecule has 0 aromatic carbocycles. The van der Waals surface area contributed by atoms with Crippen molar-refractivity contribution in [3.05, 3.63) is 0 Å². The highest BCUT2D eigenvalue weighted by Gasteiger charge is 2.31. The van der Waals surface area contributed by atoms with Crippen LogP contribution in [-0.2, 0) is 9.59 Å². The molecule has 1 atom stereocenters. The quantitative estimate of drug-likeness (QED) is 0.634. The highest BCUT2D eigenvalue weighted by molar-refractivity contribution is 7.80. The minimum absolute atomic E-state index is 0.0408. The maximum absolute atomic E-state index is 11.7. The maximum atomic E-state index is 11.7. The van der Waals surface area contributed by atoms with Crippen molar-refractivity contribution in [2.24, 2.45) is 5.73 Å². The van der Waals surface area contributed by atoms with Gasteiger partial charge in [-0.2, -0.15) is 0 Å². The fraction of sp³-hybridized carbons (Fsp3) is 0.667. The molecule has 1 rings (SSSR count). The minimum atomic E-state index is -0.374. The molecule has 0 aromatic rings. The van der Waals surface area contributed by atoms with Crippen molar-refractivity contribution in [2.75, 3.05) is 13.1 Å². The van der Waals surface area contributed by atoms with Gasteiger partial charge in [-0.1, -0.05) is 19.1 Å². The molecule has 1 saturated heterocycles. The van der Waals surface area contributed by atoms with E-state index in [0.717, 1.165) is 0 Å². The molecule has 2 amide bonds. The Morgan fingerprint density at radius 2 is 2.40 bits per heavy atom. The molecule has 0 radical (unpaired) electrons. The molecule has 1 aliphatic rings. The van der Waals surface area contributed by atoms with Gasteiger partial charge in [0.2, 0.25) is 11.8 Å². The molecule has 0 aromatic heterocycles. The summed E-state index contributed by atoms with van der Waals surface area (Å²) in [6, 6.07) is -0.374. The monoisotopic (exact) mass is 229 g/mol. The number of nitrogens with one attached hydrogen (secondary N) is 1. The lowest BCUT2D eigenvalue weighted by Crippen LogP contribution is -2.57. The summed E-state index contributed by atoms with van der Waals surface area (Å²) in [7, 11) is 0. The van der Waals surface area contributed by atoms with Crippen molar-refractivity contribution in [3.63, 3.8) is 0 Å². The summed E-state index contributed by atoms with van der Waals surface area (Å²) >= 11 is 4.68. The van der Waals surface area contributed by atoms with Gasteiger partial charge in [-0.3, -0.25) is 9.59 Å². The Bertz CT molecular complexity index is 293. The third-order valence-electron chi connectivity index (χ3n) is 2.36. The van der Waals surface area contributed by atoms with E-state index in [1.54, 1.807) is 4.90 Å². The number of hydrogen-bond acceptors (Lipinski definition) is 3. The molecular formula is C9H15N3O2S. The summed E-state index contributed by atoms with van der Waals surface area (Å²) in [6.45, 7) is 2.90. The van der Waals surface area contributed by atoms with E-state index in [9.17, 15) is 9.59 Å². The molecule has 1 heterocycles. The lowest BCUT2D eigenvalue weighted by atomic mass is 10.1. The summed E-state index contributed by atoms with van der Waals surface area (Å²) in [5.41, 5.74) is 5.30. The van der Waals surface area contributed by atoms with Gasteiger partial charge in [-0.15, -0.1) is 0 Å². The lowest BCUT2D eigenvalue weighted by Gasteiger charge is -2.34. The van der Waals surface area contributed by atoms with Crippen molar-refractivity contribution >= 4 is 29.0 Å². The van der Waals surface area contributed by atoms with E-state index in [1.807, 2.05) is 6.92 Å². The predicted octanol–water partition coefficient (Wildman–Crippen LogP) is -0.600. The first-order chi connectivity index (χ1) is 7.06. The van der Waals surface area contributed by atoms with Gasteiger partial charge in [0.15, 0.2) is 0 Å². The normalized spacial score (nSPS) is 21.0. The number of thiocarbonyl (C=S) groups is 1. The van der Waals surface area contributed by atoms with Crippen LogP contribution in [0.15, 0.2) is 0 Å². The molecule has 5 nitrogen and oxygen atoms in total. The molecule has 6 heteroatoms. The Balaban J connectivity index is 2.69. The highest BCUT2D eigenvalue weighted by atomic mass is 32.1. The van der Waals surface area contributed by atoms with E-state index in [-0.39, 0.29) is 29.3 Å². The van der Waals surface area contributed by atoms with Crippen LogP contribution in [0.3, 0.4) is 0 Å². The second-order valence-corrected chi connectivity index (χ2v) is 3.97. The Morgan fingerprint density at radius 1 is 1.73 bits per heavy atom. The summed E-state index contributed by atoms with van der Waals surface area (Å²) in [5, 5.41) is 2.72. The number of nitrogens with zero attached hydrogens (tertiary/aromatic N) is 1. The third-order valence-corrected chi connectivity index (χ3v) is 2.51. The van der Waals surface area contributed by atoms with Gasteiger partial charge in [0.25, 0.3) is 0 Å². The minimum Gasteiger partial charge on any atom is -0.393 e. The first-order valence-electron chi connectivity index (χ1n) is 4.91. The molecule has 0 aliphatic carbocycles. The van der Waals surface area contributed by atoms with Crippen molar-refractivity contribution in [3.8, 4) is 0 Å². The average Bonchev–Trinajstić information content (AvgIpc) is 2.16. The molecule has 3 N–H and O–H groups in total. The van der Waals surface area contributed by atoms with Crippen LogP contribution in [0.4, 0.5) is 0 Å². The van der Waals surface area contributed by atoms with Crippen molar-refractivity contribution in [1.29, 1.82) is 0 Å². The van der Waals surface area contributed by atoms with Gasteiger partial charge in [0.05, 0.1) is 11.4 Å². The summed E-state index contributed by atoms with van der Waals surface area (Å²) in [4.78, 5) is 24.9. The van der Waals surface area contributed by atoms with Gasteiger partial charge in [0.1, 0.15) is 6.04 Å². The van der Waals surface area contributed by atoms with Crippen LogP contribution in [0, 0.1) is 0 Å². The molecule has 1 aliphatic heterocycles. The van der Waals surface area contributed by atoms with Crippen LogP contribution in [0.25, 0.3) is 0 Å². The fourth-order valence-electron chi connectivity index (χ4n) is 1.67. The Morgan fingerprint density at radius 3 is 2.93 bits per heavy atom. The highest BCUT2D eigenvalue weighted by Crippen LogP contribution is 2.10. The van der Waals surface area contributed by atoms with Gasteiger partial charge in [-0.05, 0) is 6.42 Å². The third kappa shape index (κ3) is 2.89. The SMILES string of the molecule is CCC1C(=O)NCCN1C(=O)CC(N)=S. The molecule has 1 fully saturated rings. The largest absolute Gasteiger partial charge is 0.393 e. The molecule has 1 unspecified atom stereocenters. The van der Waals surface area contributed by atoms with Crippen LogP contribution >= 0.6 is 12.2 Å². The Kier molecular flexibility index (Phi) is 4.02. The first-order valence-corrected chi connectivity index (χ1v) is 5.32. The molecular weight excluding hydrogens is 214 g/mol. The number of hydrogen-bond donors (Lipinski definition) is 2. The molecule has 0 bridgehead atoms.